The lowest BCUT2D eigenvalue weighted by Gasteiger charge is -2.26. The molecule has 5 nitrogen and oxygen atoms in total. The summed E-state index contributed by atoms with van der Waals surface area (Å²) in [5.41, 5.74) is -0.445. The molecule has 142 valence electrons. The third-order valence-electron chi connectivity index (χ3n) is 4.34. The van der Waals surface area contributed by atoms with Gasteiger partial charge in [0.2, 0.25) is 0 Å². The minimum absolute atomic E-state index is 0.0163. The highest BCUT2D eigenvalue weighted by atomic mass is 19.4. The summed E-state index contributed by atoms with van der Waals surface area (Å²) >= 11 is 0. The van der Waals surface area contributed by atoms with E-state index in [0.717, 1.165) is 31.4 Å². The minimum atomic E-state index is -4.50. The van der Waals surface area contributed by atoms with Crippen LogP contribution in [0.25, 0.3) is 0 Å². The highest BCUT2D eigenvalue weighted by molar-refractivity contribution is 6.05. The number of carbonyl (C=O) groups excluding carboxylic acids is 2. The van der Waals surface area contributed by atoms with E-state index in [1.165, 1.54) is 30.6 Å². The van der Waals surface area contributed by atoms with Crippen molar-refractivity contribution in [2.45, 2.75) is 25.4 Å². The number of hydrogen-bond donors (Lipinski definition) is 1. The Hall–Kier alpha value is -2.90. The molecule has 27 heavy (non-hydrogen) atoms. The summed E-state index contributed by atoms with van der Waals surface area (Å²) in [6.07, 6.45) is 1.13. The molecule has 3 rings (SSSR count). The van der Waals surface area contributed by atoms with Crippen LogP contribution in [0.3, 0.4) is 0 Å². The number of alkyl halides is 3. The predicted octanol–water partition coefficient (Wildman–Crippen LogP) is 3.98. The smallest absolute Gasteiger partial charge is 0.339 e. The van der Waals surface area contributed by atoms with Crippen molar-refractivity contribution >= 4 is 17.5 Å². The number of benzene rings is 1. The lowest BCUT2D eigenvalue weighted by molar-refractivity contribution is -0.137. The molecule has 1 fully saturated rings. The molecule has 2 heterocycles. The quantitative estimate of drug-likeness (QED) is 0.880. The number of nitrogens with one attached hydrogen (secondary N) is 1. The summed E-state index contributed by atoms with van der Waals surface area (Å²) in [6, 6.07) is 5.77. The second-order valence-corrected chi connectivity index (χ2v) is 6.35. The zero-order chi connectivity index (χ0) is 19.4. The number of hydrogen-bond acceptors (Lipinski definition) is 3. The second-order valence-electron chi connectivity index (χ2n) is 6.35. The molecule has 1 aliphatic heterocycles. The fourth-order valence-corrected chi connectivity index (χ4v) is 2.94. The number of nitrogens with zero attached hydrogens (tertiary/aromatic N) is 2. The Kier molecular flexibility index (Phi) is 5.43. The Labute approximate surface area is 154 Å². The van der Waals surface area contributed by atoms with E-state index in [4.69, 9.17) is 0 Å². The fraction of sp³-hybridized carbons (Fsp3) is 0.316. The van der Waals surface area contributed by atoms with Crippen molar-refractivity contribution < 1.29 is 22.8 Å². The van der Waals surface area contributed by atoms with E-state index in [9.17, 15) is 22.8 Å². The molecular formula is C19H18F3N3O2. The summed E-state index contributed by atoms with van der Waals surface area (Å²) in [6.45, 7) is 1.33. The van der Waals surface area contributed by atoms with Gasteiger partial charge in [0.15, 0.2) is 0 Å². The maximum Gasteiger partial charge on any atom is 0.416 e. The first-order chi connectivity index (χ1) is 12.8. The molecule has 2 aromatic rings. The van der Waals surface area contributed by atoms with Gasteiger partial charge in [-0.3, -0.25) is 14.6 Å². The van der Waals surface area contributed by atoms with Crippen molar-refractivity contribution in [1.82, 2.24) is 9.88 Å². The van der Waals surface area contributed by atoms with Crippen LogP contribution >= 0.6 is 0 Å². The molecule has 2 amide bonds. The van der Waals surface area contributed by atoms with Gasteiger partial charge in [-0.25, -0.2) is 0 Å². The average Bonchev–Trinajstić information content (AvgIpc) is 2.68. The highest BCUT2D eigenvalue weighted by Gasteiger charge is 2.30. The van der Waals surface area contributed by atoms with Crippen molar-refractivity contribution in [1.29, 1.82) is 0 Å². The van der Waals surface area contributed by atoms with Crippen molar-refractivity contribution in [2.75, 3.05) is 18.4 Å². The van der Waals surface area contributed by atoms with E-state index in [2.05, 4.69) is 10.3 Å². The number of amides is 2. The third-order valence-corrected chi connectivity index (χ3v) is 4.34. The predicted molar refractivity (Wildman–Crippen MR) is 93.4 cm³/mol. The molecule has 1 aromatic carbocycles. The van der Waals surface area contributed by atoms with Gasteiger partial charge in [0.1, 0.15) is 0 Å². The van der Waals surface area contributed by atoms with Crippen LogP contribution in [0.15, 0.2) is 42.7 Å². The van der Waals surface area contributed by atoms with E-state index < -0.39 is 17.6 Å². The molecular weight excluding hydrogens is 359 g/mol. The van der Waals surface area contributed by atoms with Crippen LogP contribution in [-0.2, 0) is 6.18 Å². The number of halogens is 3. The molecule has 0 bridgehead atoms. The number of carbonyl (C=O) groups is 2. The Bertz CT molecular complexity index is 846. The van der Waals surface area contributed by atoms with Crippen LogP contribution in [0, 0.1) is 0 Å². The first-order valence-corrected chi connectivity index (χ1v) is 8.57. The van der Waals surface area contributed by atoms with Crippen molar-refractivity contribution in [3.63, 3.8) is 0 Å². The number of pyridine rings is 1. The maximum atomic E-state index is 12.8. The zero-order valence-electron chi connectivity index (χ0n) is 14.4. The maximum absolute atomic E-state index is 12.8. The molecule has 1 N–H and O–H groups in total. The second kappa shape index (κ2) is 7.77. The van der Waals surface area contributed by atoms with E-state index in [-0.39, 0.29) is 22.7 Å². The van der Waals surface area contributed by atoms with Gasteiger partial charge in [-0.05, 0) is 43.5 Å². The monoisotopic (exact) mass is 377 g/mol. The molecule has 0 radical (unpaired) electrons. The molecule has 8 heteroatoms. The lowest BCUT2D eigenvalue weighted by Crippen LogP contribution is -2.35. The number of rotatable bonds is 3. The summed E-state index contributed by atoms with van der Waals surface area (Å²) < 4.78 is 38.3. The Morgan fingerprint density at radius 1 is 1.00 bits per heavy atom. The normalized spacial score (nSPS) is 14.7. The van der Waals surface area contributed by atoms with Gasteiger partial charge >= 0.3 is 6.18 Å². The summed E-state index contributed by atoms with van der Waals surface area (Å²) in [5, 5.41) is 2.41. The summed E-state index contributed by atoms with van der Waals surface area (Å²) in [5.74, 6) is -0.828. The van der Waals surface area contributed by atoms with Crippen molar-refractivity contribution in [3.8, 4) is 0 Å². The fourth-order valence-electron chi connectivity index (χ4n) is 2.94. The van der Waals surface area contributed by atoms with Gasteiger partial charge in [-0.15, -0.1) is 0 Å². The Morgan fingerprint density at radius 2 is 1.70 bits per heavy atom. The van der Waals surface area contributed by atoms with E-state index in [1.807, 2.05) is 0 Å². The topological polar surface area (TPSA) is 62.3 Å². The van der Waals surface area contributed by atoms with Crippen LogP contribution in [-0.4, -0.2) is 34.8 Å². The molecule has 0 saturated carbocycles. The number of aromatic nitrogens is 1. The Balaban J connectivity index is 1.75. The Morgan fingerprint density at radius 3 is 2.41 bits per heavy atom. The number of likely N-dealkylation sites (tertiary alicyclic amines) is 1. The molecule has 1 aromatic heterocycles. The number of anilines is 1. The average molecular weight is 377 g/mol. The van der Waals surface area contributed by atoms with Crippen LogP contribution in [0.5, 0.6) is 0 Å². The van der Waals surface area contributed by atoms with Gasteiger partial charge in [0, 0.05) is 31.2 Å². The van der Waals surface area contributed by atoms with Crippen LogP contribution in [0.2, 0.25) is 0 Å². The standard InChI is InChI=1S/C19H18F3N3O2/c20-19(21,22)15-5-4-6-16(10-15)24-17(26)13-9-14(12-23-11-13)18(27)25-7-2-1-3-8-25/h4-6,9-12H,1-3,7-8H2,(H,24,26). The van der Waals surface area contributed by atoms with E-state index in [1.54, 1.807) is 4.90 Å². The van der Waals surface area contributed by atoms with E-state index in [0.29, 0.717) is 13.1 Å². The molecule has 0 spiro atoms. The molecule has 0 unspecified atom stereocenters. The lowest BCUT2D eigenvalue weighted by atomic mass is 10.1. The third kappa shape index (κ3) is 4.64. The molecule has 1 saturated heterocycles. The zero-order valence-corrected chi connectivity index (χ0v) is 14.4. The van der Waals surface area contributed by atoms with Crippen LogP contribution in [0.4, 0.5) is 18.9 Å². The molecule has 1 aliphatic rings. The molecule has 0 atom stereocenters. The van der Waals surface area contributed by atoms with Gasteiger partial charge in [0.25, 0.3) is 11.8 Å². The summed E-state index contributed by atoms with van der Waals surface area (Å²) in [7, 11) is 0. The minimum Gasteiger partial charge on any atom is -0.339 e. The van der Waals surface area contributed by atoms with Gasteiger partial charge in [-0.2, -0.15) is 13.2 Å². The van der Waals surface area contributed by atoms with Gasteiger partial charge in [0.05, 0.1) is 16.7 Å². The van der Waals surface area contributed by atoms with Crippen molar-refractivity contribution in [2.24, 2.45) is 0 Å². The first kappa shape index (κ1) is 18.9. The largest absolute Gasteiger partial charge is 0.416 e. The first-order valence-electron chi connectivity index (χ1n) is 8.57. The van der Waals surface area contributed by atoms with Gasteiger partial charge < -0.3 is 10.2 Å². The van der Waals surface area contributed by atoms with Gasteiger partial charge in [-0.1, -0.05) is 6.07 Å². The highest BCUT2D eigenvalue weighted by Crippen LogP contribution is 2.30. The SMILES string of the molecule is O=C(Nc1cccc(C(F)(F)F)c1)c1cncc(C(=O)N2CCCCC2)c1. The summed E-state index contributed by atoms with van der Waals surface area (Å²) in [4.78, 5) is 30.5. The van der Waals surface area contributed by atoms with Crippen LogP contribution < -0.4 is 5.32 Å². The van der Waals surface area contributed by atoms with Crippen LogP contribution in [0.1, 0.15) is 45.5 Å². The molecule has 0 aliphatic carbocycles. The number of piperidine rings is 1. The van der Waals surface area contributed by atoms with E-state index >= 15 is 0 Å². The van der Waals surface area contributed by atoms with Crippen molar-refractivity contribution in [3.05, 3.63) is 59.4 Å².